The van der Waals surface area contributed by atoms with E-state index >= 15 is 0 Å². The lowest BCUT2D eigenvalue weighted by atomic mass is 10.2. The molecular formula is C11H22N4O2. The third-order valence-electron chi connectivity index (χ3n) is 3.56. The van der Waals surface area contributed by atoms with E-state index in [1.165, 1.54) is 19.4 Å². The van der Waals surface area contributed by atoms with Crippen LogP contribution in [0.15, 0.2) is 0 Å². The zero-order valence-corrected chi connectivity index (χ0v) is 10.1. The molecule has 2 fully saturated rings. The van der Waals surface area contributed by atoms with Gasteiger partial charge in [0.05, 0.1) is 18.8 Å². The van der Waals surface area contributed by atoms with Crippen LogP contribution >= 0.6 is 0 Å². The van der Waals surface area contributed by atoms with E-state index in [4.69, 9.17) is 16.2 Å². The van der Waals surface area contributed by atoms with Crippen molar-refractivity contribution in [1.29, 1.82) is 0 Å². The van der Waals surface area contributed by atoms with Crippen molar-refractivity contribution >= 4 is 5.91 Å². The summed E-state index contributed by atoms with van der Waals surface area (Å²) in [4.78, 5) is 13.2. The van der Waals surface area contributed by atoms with Crippen LogP contribution in [-0.2, 0) is 9.53 Å². The Hall–Kier alpha value is -0.690. The summed E-state index contributed by atoms with van der Waals surface area (Å²) < 4.78 is 5.77. The molecule has 1 amide bonds. The first-order valence-corrected chi connectivity index (χ1v) is 6.28. The number of rotatable bonds is 5. The molecule has 2 heterocycles. The predicted octanol–water partition coefficient (Wildman–Crippen LogP) is -1.75. The van der Waals surface area contributed by atoms with Crippen molar-refractivity contribution in [1.82, 2.24) is 10.2 Å². The summed E-state index contributed by atoms with van der Waals surface area (Å²) >= 11 is 0. The van der Waals surface area contributed by atoms with Gasteiger partial charge in [0.2, 0.25) is 5.91 Å². The number of hydrogen-bond acceptors (Lipinski definition) is 5. The molecule has 6 nitrogen and oxygen atoms in total. The Morgan fingerprint density at radius 2 is 2.41 bits per heavy atom. The number of carbonyl (C=O) groups excluding carboxylic acids is 1. The fraction of sp³-hybridized carbons (Fsp3) is 0.909. The van der Waals surface area contributed by atoms with Crippen LogP contribution in [0.3, 0.4) is 0 Å². The minimum atomic E-state index is -0.613. The number of nitrogens with one attached hydrogen (secondary N) is 1. The first-order chi connectivity index (χ1) is 8.16. The van der Waals surface area contributed by atoms with E-state index in [2.05, 4.69) is 10.2 Å². The van der Waals surface area contributed by atoms with E-state index in [-0.39, 0.29) is 6.10 Å². The summed E-state index contributed by atoms with van der Waals surface area (Å²) in [6.45, 7) is 4.13. The van der Waals surface area contributed by atoms with Crippen molar-refractivity contribution in [3.63, 3.8) is 0 Å². The molecule has 3 atom stereocenters. The van der Waals surface area contributed by atoms with Crippen molar-refractivity contribution in [2.24, 2.45) is 11.5 Å². The van der Waals surface area contributed by atoms with Crippen LogP contribution in [0.25, 0.3) is 0 Å². The van der Waals surface area contributed by atoms with Gasteiger partial charge in [-0.3, -0.25) is 9.69 Å². The van der Waals surface area contributed by atoms with E-state index < -0.39 is 11.9 Å². The Balaban J connectivity index is 1.65. The Morgan fingerprint density at radius 3 is 3.18 bits per heavy atom. The van der Waals surface area contributed by atoms with Crippen LogP contribution in [-0.4, -0.2) is 61.8 Å². The van der Waals surface area contributed by atoms with Crippen LogP contribution in [0.4, 0.5) is 0 Å². The first kappa shape index (κ1) is 12.8. The number of primary amides is 1. The van der Waals surface area contributed by atoms with Crippen molar-refractivity contribution < 1.29 is 9.53 Å². The number of nitrogens with two attached hydrogens (primary N) is 2. The number of morpholine rings is 1. The molecule has 0 aliphatic carbocycles. The maximum atomic E-state index is 10.7. The second kappa shape index (κ2) is 5.77. The number of amides is 1. The average Bonchev–Trinajstić information content (AvgIpc) is 2.75. The summed E-state index contributed by atoms with van der Waals surface area (Å²) in [6.07, 6.45) is 2.73. The highest BCUT2D eigenvalue weighted by Gasteiger charge is 2.31. The summed E-state index contributed by atoms with van der Waals surface area (Å²) in [6, 6.07) is 0.0113. The van der Waals surface area contributed by atoms with E-state index in [1.54, 1.807) is 0 Å². The molecule has 0 aromatic rings. The lowest BCUT2D eigenvalue weighted by Gasteiger charge is -2.35. The van der Waals surface area contributed by atoms with Gasteiger partial charge in [0.25, 0.3) is 0 Å². The standard InChI is InChI=1S/C11H22N4O2/c12-10(11(13)16)5-14-4-9-6-15-3-1-2-8(15)7-17-9/h8-10,14H,1-7,12H2,(H2,13,16). The van der Waals surface area contributed by atoms with Gasteiger partial charge in [-0.15, -0.1) is 0 Å². The average molecular weight is 242 g/mol. The molecule has 0 aromatic carbocycles. The number of hydrogen-bond donors (Lipinski definition) is 3. The van der Waals surface area contributed by atoms with Gasteiger partial charge in [0, 0.05) is 25.7 Å². The quantitative estimate of drug-likeness (QED) is 0.532. The lowest BCUT2D eigenvalue weighted by molar-refractivity contribution is -0.119. The van der Waals surface area contributed by atoms with Crippen LogP contribution in [0.2, 0.25) is 0 Å². The molecule has 5 N–H and O–H groups in total. The van der Waals surface area contributed by atoms with Gasteiger partial charge in [-0.1, -0.05) is 0 Å². The molecule has 0 aromatic heterocycles. The Morgan fingerprint density at radius 1 is 1.59 bits per heavy atom. The van der Waals surface area contributed by atoms with Crippen LogP contribution in [0.1, 0.15) is 12.8 Å². The zero-order chi connectivity index (χ0) is 12.3. The molecule has 2 aliphatic rings. The number of ether oxygens (including phenoxy) is 1. The Labute approximate surface area is 102 Å². The molecule has 0 bridgehead atoms. The lowest BCUT2D eigenvalue weighted by Crippen LogP contribution is -2.51. The normalized spacial score (nSPS) is 31.1. The highest BCUT2D eigenvalue weighted by atomic mass is 16.5. The molecule has 2 aliphatic heterocycles. The van der Waals surface area contributed by atoms with Gasteiger partial charge < -0.3 is 21.5 Å². The molecule has 17 heavy (non-hydrogen) atoms. The summed E-state index contributed by atoms with van der Waals surface area (Å²) in [5, 5.41) is 3.14. The van der Waals surface area contributed by atoms with E-state index in [0.717, 1.165) is 19.7 Å². The highest BCUT2D eigenvalue weighted by Crippen LogP contribution is 2.22. The zero-order valence-electron chi connectivity index (χ0n) is 10.1. The summed E-state index contributed by atoms with van der Waals surface area (Å²) in [7, 11) is 0. The minimum absolute atomic E-state index is 0.199. The SMILES string of the molecule is NC(=O)C(N)CNCC1CN2CCCC2CO1. The number of nitrogens with zero attached hydrogens (tertiary/aromatic N) is 1. The third kappa shape index (κ3) is 3.38. The largest absolute Gasteiger partial charge is 0.374 e. The van der Waals surface area contributed by atoms with Gasteiger partial charge in [0.1, 0.15) is 0 Å². The minimum Gasteiger partial charge on any atom is -0.374 e. The smallest absolute Gasteiger partial charge is 0.235 e. The number of carbonyl (C=O) groups is 1. The second-order valence-corrected chi connectivity index (χ2v) is 4.91. The summed E-state index contributed by atoms with van der Waals surface area (Å²) in [5.41, 5.74) is 10.6. The molecule has 0 radical (unpaired) electrons. The van der Waals surface area contributed by atoms with E-state index in [9.17, 15) is 4.79 Å². The second-order valence-electron chi connectivity index (χ2n) is 4.91. The Bertz CT molecular complexity index is 274. The van der Waals surface area contributed by atoms with Crippen molar-refractivity contribution in [2.75, 3.05) is 32.8 Å². The van der Waals surface area contributed by atoms with E-state index in [0.29, 0.717) is 12.6 Å². The van der Waals surface area contributed by atoms with Crippen molar-refractivity contribution in [3.05, 3.63) is 0 Å². The van der Waals surface area contributed by atoms with Crippen molar-refractivity contribution in [3.8, 4) is 0 Å². The van der Waals surface area contributed by atoms with Gasteiger partial charge in [0.15, 0.2) is 0 Å². The molecular weight excluding hydrogens is 220 g/mol. The molecule has 0 saturated carbocycles. The predicted molar refractivity (Wildman–Crippen MR) is 64.4 cm³/mol. The van der Waals surface area contributed by atoms with Gasteiger partial charge in [-0.25, -0.2) is 0 Å². The molecule has 2 saturated heterocycles. The van der Waals surface area contributed by atoms with Crippen LogP contribution in [0, 0.1) is 0 Å². The first-order valence-electron chi connectivity index (χ1n) is 6.28. The monoisotopic (exact) mass is 242 g/mol. The fourth-order valence-corrected chi connectivity index (χ4v) is 2.51. The van der Waals surface area contributed by atoms with Gasteiger partial charge >= 0.3 is 0 Å². The summed E-state index contributed by atoms with van der Waals surface area (Å²) in [5.74, 6) is -0.471. The third-order valence-corrected chi connectivity index (χ3v) is 3.56. The maximum Gasteiger partial charge on any atom is 0.235 e. The van der Waals surface area contributed by atoms with Crippen LogP contribution < -0.4 is 16.8 Å². The molecule has 0 spiro atoms. The topological polar surface area (TPSA) is 93.6 Å². The molecule has 6 heteroatoms. The Kier molecular flexibility index (Phi) is 4.33. The molecule has 2 rings (SSSR count). The van der Waals surface area contributed by atoms with Gasteiger partial charge in [-0.2, -0.15) is 0 Å². The highest BCUT2D eigenvalue weighted by molar-refractivity contribution is 5.79. The fourth-order valence-electron chi connectivity index (χ4n) is 2.51. The molecule has 3 unspecified atom stereocenters. The van der Waals surface area contributed by atoms with E-state index in [1.807, 2.05) is 0 Å². The van der Waals surface area contributed by atoms with Gasteiger partial charge in [-0.05, 0) is 19.4 Å². The van der Waals surface area contributed by atoms with Crippen LogP contribution in [0.5, 0.6) is 0 Å². The van der Waals surface area contributed by atoms with Crippen molar-refractivity contribution in [2.45, 2.75) is 31.0 Å². The number of fused-ring (bicyclic) bond motifs is 1. The molecule has 98 valence electrons. The maximum absolute atomic E-state index is 10.7.